The van der Waals surface area contributed by atoms with Crippen molar-refractivity contribution in [1.82, 2.24) is 19.6 Å². The Morgan fingerprint density at radius 2 is 2.25 bits per heavy atom. The summed E-state index contributed by atoms with van der Waals surface area (Å²) in [6.07, 6.45) is 2.09. The first-order valence-electron chi connectivity index (χ1n) is 6.40. The molecule has 0 bridgehead atoms. The number of aromatic nitrogens is 4. The van der Waals surface area contributed by atoms with Gasteiger partial charge in [-0.2, -0.15) is 0 Å². The zero-order valence-corrected chi connectivity index (χ0v) is 13.0. The molecule has 104 valence electrons. The fourth-order valence-electron chi connectivity index (χ4n) is 1.89. The molecule has 0 aliphatic rings. The van der Waals surface area contributed by atoms with E-state index >= 15 is 0 Å². The number of pyridine rings is 1. The quantitative estimate of drug-likeness (QED) is 0.734. The highest BCUT2D eigenvalue weighted by atomic mass is 32.2. The van der Waals surface area contributed by atoms with Crippen LogP contribution < -0.4 is 5.32 Å². The summed E-state index contributed by atoms with van der Waals surface area (Å²) >= 11 is 3.25. The zero-order chi connectivity index (χ0) is 13.9. The fraction of sp³-hybridized carbons (Fsp3) is 0.308. The van der Waals surface area contributed by atoms with Gasteiger partial charge in [0.2, 0.25) is 5.13 Å². The Balaban J connectivity index is 1.71. The molecule has 0 aliphatic carbocycles. The summed E-state index contributed by atoms with van der Waals surface area (Å²) in [6, 6.07) is 6.14. The third-order valence-electron chi connectivity index (χ3n) is 2.82. The van der Waals surface area contributed by atoms with Crippen molar-refractivity contribution in [2.24, 2.45) is 0 Å². The van der Waals surface area contributed by atoms with Crippen LogP contribution in [0.3, 0.4) is 0 Å². The van der Waals surface area contributed by atoms with Crippen LogP contribution in [0, 0.1) is 6.92 Å². The van der Waals surface area contributed by atoms with Crippen LogP contribution in [0.4, 0.5) is 5.13 Å². The summed E-state index contributed by atoms with van der Waals surface area (Å²) in [4.78, 5) is 4.61. The number of aryl methyl sites for hydroxylation is 1. The summed E-state index contributed by atoms with van der Waals surface area (Å²) in [5, 5.41) is 12.3. The van der Waals surface area contributed by atoms with Crippen molar-refractivity contribution in [3.8, 4) is 0 Å². The lowest BCUT2D eigenvalue weighted by atomic mass is 10.4. The number of hydrogen-bond acceptors (Lipinski definition) is 6. The van der Waals surface area contributed by atoms with E-state index in [9.17, 15) is 0 Å². The van der Waals surface area contributed by atoms with Crippen LogP contribution in [0.1, 0.15) is 18.3 Å². The van der Waals surface area contributed by atoms with Crippen LogP contribution in [0.15, 0.2) is 28.7 Å². The molecule has 3 aromatic heterocycles. The second-order valence-electron chi connectivity index (χ2n) is 4.32. The Labute approximate surface area is 125 Å². The number of hydrogen-bond donors (Lipinski definition) is 1. The minimum atomic E-state index is 0.807. The number of rotatable bonds is 5. The molecule has 5 nitrogen and oxygen atoms in total. The minimum Gasteiger partial charge on any atom is -0.360 e. The molecule has 7 heteroatoms. The van der Waals surface area contributed by atoms with Gasteiger partial charge in [0.1, 0.15) is 5.65 Å². The summed E-state index contributed by atoms with van der Waals surface area (Å²) in [7, 11) is 0. The molecule has 1 N–H and O–H groups in total. The topological polar surface area (TPSA) is 55.1 Å². The molecule has 0 radical (unpaired) electrons. The molecule has 20 heavy (non-hydrogen) atoms. The van der Waals surface area contributed by atoms with Gasteiger partial charge in [0.05, 0.1) is 5.69 Å². The van der Waals surface area contributed by atoms with E-state index in [1.165, 1.54) is 5.69 Å². The van der Waals surface area contributed by atoms with Gasteiger partial charge in [-0.25, -0.2) is 4.98 Å². The molecule has 0 atom stereocenters. The summed E-state index contributed by atoms with van der Waals surface area (Å²) in [5.74, 6) is 0.807. The summed E-state index contributed by atoms with van der Waals surface area (Å²) < 4.78 is 3.08. The Bertz CT molecular complexity index is 718. The van der Waals surface area contributed by atoms with Gasteiger partial charge in [0.15, 0.2) is 4.34 Å². The number of nitrogens with zero attached hydrogens (tertiary/aromatic N) is 4. The van der Waals surface area contributed by atoms with E-state index in [0.717, 1.165) is 33.1 Å². The monoisotopic (exact) mass is 305 g/mol. The van der Waals surface area contributed by atoms with Gasteiger partial charge in [-0.05, 0) is 26.0 Å². The SMILES string of the molecule is CCNc1nnc(SCc2cn3c(C)cccc3n2)s1. The lowest BCUT2D eigenvalue weighted by Crippen LogP contribution is -1.94. The van der Waals surface area contributed by atoms with Crippen LogP contribution in [0.5, 0.6) is 0 Å². The van der Waals surface area contributed by atoms with Crippen molar-refractivity contribution in [3.63, 3.8) is 0 Å². The second kappa shape index (κ2) is 5.80. The number of nitrogens with one attached hydrogen (secondary N) is 1. The van der Waals surface area contributed by atoms with Crippen molar-refractivity contribution < 1.29 is 0 Å². The molecule has 3 rings (SSSR count). The van der Waals surface area contributed by atoms with Crippen molar-refractivity contribution >= 4 is 33.9 Å². The van der Waals surface area contributed by atoms with Crippen molar-refractivity contribution in [1.29, 1.82) is 0 Å². The molecule has 3 aromatic rings. The second-order valence-corrected chi connectivity index (χ2v) is 6.52. The zero-order valence-electron chi connectivity index (χ0n) is 11.3. The lowest BCUT2D eigenvalue weighted by molar-refractivity contribution is 1.00. The van der Waals surface area contributed by atoms with E-state index in [2.05, 4.69) is 44.1 Å². The van der Waals surface area contributed by atoms with Gasteiger partial charge in [0, 0.05) is 24.2 Å². The molecule has 0 spiro atoms. The molecular formula is C13H15N5S2. The van der Waals surface area contributed by atoms with Gasteiger partial charge in [-0.15, -0.1) is 10.2 Å². The lowest BCUT2D eigenvalue weighted by Gasteiger charge is -1.95. The van der Waals surface area contributed by atoms with E-state index in [4.69, 9.17) is 0 Å². The number of anilines is 1. The minimum absolute atomic E-state index is 0.807. The molecule has 0 aliphatic heterocycles. The maximum atomic E-state index is 4.61. The molecule has 0 saturated heterocycles. The van der Waals surface area contributed by atoms with Crippen LogP contribution in [-0.4, -0.2) is 26.1 Å². The standard InChI is InChI=1S/C13H15N5S2/c1-3-14-12-16-17-13(20-12)19-8-10-7-18-9(2)5-4-6-11(18)15-10/h4-7H,3,8H2,1-2H3,(H,14,16). The predicted molar refractivity (Wildman–Crippen MR) is 83.6 cm³/mol. The van der Waals surface area contributed by atoms with Crippen molar-refractivity contribution in [2.45, 2.75) is 23.9 Å². The number of thioether (sulfide) groups is 1. The Kier molecular flexibility index (Phi) is 3.88. The first-order chi connectivity index (χ1) is 9.76. The van der Waals surface area contributed by atoms with Gasteiger partial charge in [0.25, 0.3) is 0 Å². The van der Waals surface area contributed by atoms with Crippen LogP contribution in [0.2, 0.25) is 0 Å². The maximum absolute atomic E-state index is 4.61. The number of imidazole rings is 1. The first kappa shape index (κ1) is 13.4. The normalized spacial score (nSPS) is 11.1. The van der Waals surface area contributed by atoms with E-state index in [1.54, 1.807) is 23.1 Å². The molecule has 3 heterocycles. The number of fused-ring (bicyclic) bond motifs is 1. The third kappa shape index (κ3) is 2.78. The van der Waals surface area contributed by atoms with Crippen molar-refractivity contribution in [3.05, 3.63) is 35.8 Å². The van der Waals surface area contributed by atoms with Gasteiger partial charge in [-0.1, -0.05) is 29.2 Å². The first-order valence-corrected chi connectivity index (χ1v) is 8.20. The van der Waals surface area contributed by atoms with Crippen molar-refractivity contribution in [2.75, 3.05) is 11.9 Å². The average molecular weight is 305 g/mol. The predicted octanol–water partition coefficient (Wildman–Crippen LogP) is 3.22. The third-order valence-corrected chi connectivity index (χ3v) is 4.87. The Morgan fingerprint density at radius 3 is 3.05 bits per heavy atom. The van der Waals surface area contributed by atoms with E-state index in [1.807, 2.05) is 19.1 Å². The molecule has 0 amide bonds. The van der Waals surface area contributed by atoms with E-state index in [0.29, 0.717) is 0 Å². The Morgan fingerprint density at radius 1 is 1.35 bits per heavy atom. The van der Waals surface area contributed by atoms with E-state index in [-0.39, 0.29) is 0 Å². The summed E-state index contributed by atoms with van der Waals surface area (Å²) in [6.45, 7) is 5.00. The average Bonchev–Trinajstić information content (AvgIpc) is 3.04. The van der Waals surface area contributed by atoms with Gasteiger partial charge >= 0.3 is 0 Å². The van der Waals surface area contributed by atoms with Gasteiger partial charge < -0.3 is 9.72 Å². The van der Waals surface area contributed by atoms with E-state index < -0.39 is 0 Å². The molecule has 0 saturated carbocycles. The molecule has 0 fully saturated rings. The van der Waals surface area contributed by atoms with Crippen LogP contribution >= 0.6 is 23.1 Å². The molecule has 0 aromatic carbocycles. The highest BCUT2D eigenvalue weighted by molar-refractivity contribution is 8.00. The Hall–Kier alpha value is -1.60. The maximum Gasteiger partial charge on any atom is 0.206 e. The van der Waals surface area contributed by atoms with Crippen LogP contribution in [0.25, 0.3) is 5.65 Å². The smallest absolute Gasteiger partial charge is 0.206 e. The van der Waals surface area contributed by atoms with Crippen LogP contribution in [-0.2, 0) is 5.75 Å². The van der Waals surface area contributed by atoms with Gasteiger partial charge in [-0.3, -0.25) is 0 Å². The molecule has 0 unspecified atom stereocenters. The highest BCUT2D eigenvalue weighted by Crippen LogP contribution is 2.28. The largest absolute Gasteiger partial charge is 0.360 e. The summed E-state index contributed by atoms with van der Waals surface area (Å²) in [5.41, 5.74) is 3.24. The highest BCUT2D eigenvalue weighted by Gasteiger charge is 2.07. The molecular weight excluding hydrogens is 290 g/mol. The fourth-order valence-corrected chi connectivity index (χ4v) is 3.60.